The van der Waals surface area contributed by atoms with Crippen LogP contribution in [0.5, 0.6) is 5.88 Å². The minimum atomic E-state index is -0.654. The predicted molar refractivity (Wildman–Crippen MR) is 107 cm³/mol. The van der Waals surface area contributed by atoms with Crippen LogP contribution in [0.2, 0.25) is 0 Å². The topological polar surface area (TPSA) is 131 Å². The van der Waals surface area contributed by atoms with E-state index in [0.717, 1.165) is 11.1 Å². The molecular formula is C21H21N5O5. The van der Waals surface area contributed by atoms with Crippen molar-refractivity contribution in [1.82, 2.24) is 25.7 Å². The van der Waals surface area contributed by atoms with Crippen LogP contribution in [0.3, 0.4) is 0 Å². The smallest absolute Gasteiger partial charge is 0.272 e. The lowest BCUT2D eigenvalue weighted by molar-refractivity contribution is -0.136. The number of carbonyl (C=O) groups excluding carboxylic acids is 4. The highest BCUT2D eigenvalue weighted by molar-refractivity contribution is 6.05. The number of aromatic nitrogens is 2. The van der Waals surface area contributed by atoms with E-state index < -0.39 is 11.9 Å². The molecule has 2 aliphatic rings. The first-order valence-electron chi connectivity index (χ1n) is 9.97. The van der Waals surface area contributed by atoms with Gasteiger partial charge in [0, 0.05) is 31.1 Å². The van der Waals surface area contributed by atoms with Gasteiger partial charge >= 0.3 is 0 Å². The van der Waals surface area contributed by atoms with Crippen molar-refractivity contribution >= 4 is 23.6 Å². The molecule has 1 aromatic heterocycles. The first-order valence-corrected chi connectivity index (χ1v) is 9.97. The summed E-state index contributed by atoms with van der Waals surface area (Å²) in [7, 11) is 0. The van der Waals surface area contributed by atoms with Crippen molar-refractivity contribution in [1.29, 1.82) is 0 Å². The van der Waals surface area contributed by atoms with Crippen molar-refractivity contribution in [2.24, 2.45) is 0 Å². The summed E-state index contributed by atoms with van der Waals surface area (Å²) >= 11 is 0. The van der Waals surface area contributed by atoms with Gasteiger partial charge in [0.1, 0.15) is 6.04 Å². The fourth-order valence-electron chi connectivity index (χ4n) is 3.68. The number of amides is 4. The van der Waals surface area contributed by atoms with E-state index in [1.54, 1.807) is 18.2 Å². The van der Waals surface area contributed by atoms with E-state index in [1.165, 1.54) is 11.0 Å². The van der Waals surface area contributed by atoms with Crippen LogP contribution in [0.15, 0.2) is 30.3 Å². The fraction of sp³-hybridized carbons (Fsp3) is 0.333. The number of fused-ring (bicyclic) bond motifs is 1. The Kier molecular flexibility index (Phi) is 5.61. The summed E-state index contributed by atoms with van der Waals surface area (Å²) < 4.78 is 5.21. The molecular weight excluding hydrogens is 402 g/mol. The number of nitrogens with one attached hydrogen (secondary N) is 2. The number of piperidine rings is 1. The summed E-state index contributed by atoms with van der Waals surface area (Å²) in [5, 5.41) is 12.7. The highest BCUT2D eigenvalue weighted by Gasteiger charge is 2.39. The average Bonchev–Trinajstić information content (AvgIpc) is 3.08. The standard InChI is InChI=1S/C21H21N5O5/c1-2-31-18-8-5-15(24-25-18)19(28)22-10-12-3-4-14-13(9-12)11-26(21(14)30)16-6-7-17(27)23-20(16)29/h3-5,8-9,16H,2,6-7,10-11H2,1H3,(H,22,28)(H,23,27,29). The highest BCUT2D eigenvalue weighted by atomic mass is 16.5. The second kappa shape index (κ2) is 8.50. The van der Waals surface area contributed by atoms with Crippen molar-refractivity contribution < 1.29 is 23.9 Å². The van der Waals surface area contributed by atoms with Crippen LogP contribution in [0.1, 0.15) is 51.7 Å². The summed E-state index contributed by atoms with van der Waals surface area (Å²) in [6.45, 7) is 2.82. The van der Waals surface area contributed by atoms with Crippen molar-refractivity contribution in [3.8, 4) is 5.88 Å². The molecule has 10 nitrogen and oxygen atoms in total. The van der Waals surface area contributed by atoms with E-state index in [2.05, 4.69) is 20.8 Å². The van der Waals surface area contributed by atoms with Gasteiger partial charge in [0.25, 0.3) is 11.8 Å². The van der Waals surface area contributed by atoms with Crippen molar-refractivity contribution in [2.45, 2.75) is 38.9 Å². The van der Waals surface area contributed by atoms with Gasteiger partial charge in [-0.2, -0.15) is 0 Å². The number of carbonyl (C=O) groups is 4. The van der Waals surface area contributed by atoms with Gasteiger partial charge in [-0.15, -0.1) is 10.2 Å². The van der Waals surface area contributed by atoms with Gasteiger partial charge in [0.05, 0.1) is 6.61 Å². The molecule has 0 spiro atoms. The zero-order valence-corrected chi connectivity index (χ0v) is 16.9. The minimum Gasteiger partial charge on any atom is -0.477 e. The van der Waals surface area contributed by atoms with Gasteiger partial charge in [-0.25, -0.2) is 0 Å². The molecule has 3 heterocycles. The highest BCUT2D eigenvalue weighted by Crippen LogP contribution is 2.28. The number of hydrogen-bond donors (Lipinski definition) is 2. The van der Waals surface area contributed by atoms with Gasteiger partial charge in [0.2, 0.25) is 17.7 Å². The lowest BCUT2D eigenvalue weighted by Gasteiger charge is -2.29. The molecule has 4 rings (SSSR count). The first-order chi connectivity index (χ1) is 15.0. The van der Waals surface area contributed by atoms with Gasteiger partial charge in [-0.3, -0.25) is 24.5 Å². The molecule has 2 aliphatic heterocycles. The molecule has 1 saturated heterocycles. The molecule has 160 valence electrons. The van der Waals surface area contributed by atoms with E-state index in [1.807, 2.05) is 13.0 Å². The third-order valence-electron chi connectivity index (χ3n) is 5.21. The lowest BCUT2D eigenvalue weighted by atomic mass is 10.0. The molecule has 10 heteroatoms. The van der Waals surface area contributed by atoms with Crippen molar-refractivity contribution in [3.63, 3.8) is 0 Å². The quantitative estimate of drug-likeness (QED) is 0.650. The SMILES string of the molecule is CCOc1ccc(C(=O)NCc2ccc3c(c2)CN(C2CCC(=O)NC2=O)C3=O)nn1. The number of nitrogens with zero attached hydrogens (tertiary/aromatic N) is 3. The zero-order chi connectivity index (χ0) is 22.0. The number of benzene rings is 1. The van der Waals surface area contributed by atoms with Gasteiger partial charge in [0.15, 0.2) is 5.69 Å². The normalized spacial score (nSPS) is 17.9. The Balaban J connectivity index is 1.39. The summed E-state index contributed by atoms with van der Waals surface area (Å²) in [4.78, 5) is 50.0. The molecule has 1 fully saturated rings. The van der Waals surface area contributed by atoms with E-state index in [4.69, 9.17) is 4.74 Å². The zero-order valence-electron chi connectivity index (χ0n) is 16.9. The fourth-order valence-corrected chi connectivity index (χ4v) is 3.68. The molecule has 0 aliphatic carbocycles. The number of hydrogen-bond acceptors (Lipinski definition) is 7. The lowest BCUT2D eigenvalue weighted by Crippen LogP contribution is -2.52. The molecule has 2 N–H and O–H groups in total. The molecule has 1 atom stereocenters. The predicted octanol–water partition coefficient (Wildman–Crippen LogP) is 0.566. The van der Waals surface area contributed by atoms with Crippen molar-refractivity contribution in [2.75, 3.05) is 6.61 Å². The Bertz CT molecular complexity index is 1050. The maximum absolute atomic E-state index is 12.7. The number of rotatable bonds is 6. The van der Waals surface area contributed by atoms with Gasteiger partial charge in [-0.05, 0) is 36.6 Å². The Morgan fingerprint density at radius 2 is 2.06 bits per heavy atom. The summed E-state index contributed by atoms with van der Waals surface area (Å²) in [5.41, 5.74) is 2.28. The van der Waals surface area contributed by atoms with Crippen LogP contribution >= 0.6 is 0 Å². The number of ether oxygens (including phenoxy) is 1. The maximum Gasteiger partial charge on any atom is 0.272 e. The summed E-state index contributed by atoms with van der Waals surface area (Å²) in [6, 6.07) is 7.75. The molecule has 31 heavy (non-hydrogen) atoms. The van der Waals surface area contributed by atoms with E-state index in [9.17, 15) is 19.2 Å². The number of imide groups is 1. The largest absolute Gasteiger partial charge is 0.477 e. The van der Waals surface area contributed by atoms with E-state index in [0.29, 0.717) is 24.5 Å². The Morgan fingerprint density at radius 3 is 2.77 bits per heavy atom. The second-order valence-corrected chi connectivity index (χ2v) is 7.26. The Labute approximate surface area is 178 Å². The maximum atomic E-state index is 12.7. The van der Waals surface area contributed by atoms with Crippen LogP contribution in [0.4, 0.5) is 0 Å². The average molecular weight is 423 g/mol. The third-order valence-corrected chi connectivity index (χ3v) is 5.21. The molecule has 0 bridgehead atoms. The summed E-state index contributed by atoms with van der Waals surface area (Å²) in [6.07, 6.45) is 0.526. The molecule has 1 aromatic carbocycles. The summed E-state index contributed by atoms with van der Waals surface area (Å²) in [5.74, 6) is -1.02. The molecule has 2 aromatic rings. The van der Waals surface area contributed by atoms with Gasteiger partial charge in [-0.1, -0.05) is 12.1 Å². The Morgan fingerprint density at radius 1 is 1.23 bits per heavy atom. The molecule has 4 amide bonds. The molecule has 1 unspecified atom stereocenters. The van der Waals surface area contributed by atoms with Crippen LogP contribution in [-0.4, -0.2) is 51.4 Å². The second-order valence-electron chi connectivity index (χ2n) is 7.26. The van der Waals surface area contributed by atoms with Crippen molar-refractivity contribution in [3.05, 3.63) is 52.7 Å². The van der Waals surface area contributed by atoms with E-state index >= 15 is 0 Å². The minimum absolute atomic E-state index is 0.170. The van der Waals surface area contributed by atoms with E-state index in [-0.39, 0.29) is 42.9 Å². The first kappa shape index (κ1) is 20.5. The molecule has 0 radical (unpaired) electrons. The van der Waals surface area contributed by atoms with Crippen LogP contribution in [0.25, 0.3) is 0 Å². The monoisotopic (exact) mass is 423 g/mol. The van der Waals surface area contributed by atoms with Crippen LogP contribution in [0, 0.1) is 0 Å². The molecule has 0 saturated carbocycles. The van der Waals surface area contributed by atoms with Gasteiger partial charge < -0.3 is 15.0 Å². The van der Waals surface area contributed by atoms with Crippen LogP contribution < -0.4 is 15.4 Å². The third kappa shape index (κ3) is 4.23. The van der Waals surface area contributed by atoms with Crippen LogP contribution in [-0.2, 0) is 22.7 Å². The Hall–Kier alpha value is -3.82.